The van der Waals surface area contributed by atoms with Crippen molar-refractivity contribution in [3.63, 3.8) is 0 Å². The first-order valence-corrected chi connectivity index (χ1v) is 4.49. The third-order valence-corrected chi connectivity index (χ3v) is 2.27. The number of azo groups is 1. The molecule has 0 spiro atoms. The molecule has 1 aromatic carbocycles. The minimum absolute atomic E-state index is 0.211. The fourth-order valence-corrected chi connectivity index (χ4v) is 1.48. The second kappa shape index (κ2) is 3.52. The van der Waals surface area contributed by atoms with Gasteiger partial charge in [-0.2, -0.15) is 10.2 Å². The number of benzene rings is 1. The summed E-state index contributed by atoms with van der Waals surface area (Å²) >= 11 is 0. The molecule has 0 aromatic heterocycles. The summed E-state index contributed by atoms with van der Waals surface area (Å²) in [5.41, 5.74) is 2.26. The largest absolute Gasteiger partial charge is 0.193 e. The Hall–Kier alpha value is -1.44. The van der Waals surface area contributed by atoms with Crippen molar-refractivity contribution >= 4 is 5.57 Å². The summed E-state index contributed by atoms with van der Waals surface area (Å²) in [5, 5.41) is 8.11. The summed E-state index contributed by atoms with van der Waals surface area (Å²) in [7, 11) is 0. The molecule has 1 aliphatic rings. The number of hydrogen-bond donors (Lipinski definition) is 0. The Morgan fingerprint density at radius 1 is 1.31 bits per heavy atom. The van der Waals surface area contributed by atoms with Gasteiger partial charge in [0.05, 0.1) is 12.6 Å². The number of hydrogen-bond acceptors (Lipinski definition) is 2. The number of nitrogens with zero attached hydrogens (tertiary/aromatic N) is 2. The molecule has 0 amide bonds. The molecule has 0 bridgehead atoms. The molecule has 1 aliphatic heterocycles. The van der Waals surface area contributed by atoms with Crippen molar-refractivity contribution in [2.24, 2.45) is 10.2 Å². The van der Waals surface area contributed by atoms with Crippen molar-refractivity contribution in [2.75, 3.05) is 6.54 Å². The number of rotatable bonds is 2. The van der Waals surface area contributed by atoms with Gasteiger partial charge in [0.1, 0.15) is 0 Å². The summed E-state index contributed by atoms with van der Waals surface area (Å²) < 4.78 is 0. The van der Waals surface area contributed by atoms with E-state index >= 15 is 0 Å². The lowest BCUT2D eigenvalue weighted by atomic mass is 9.99. The summed E-state index contributed by atoms with van der Waals surface area (Å²) in [6.45, 7) is 4.90. The monoisotopic (exact) mass is 172 g/mol. The van der Waals surface area contributed by atoms with E-state index in [9.17, 15) is 0 Å². The topological polar surface area (TPSA) is 24.7 Å². The summed E-state index contributed by atoms with van der Waals surface area (Å²) in [5.74, 6) is 0. The first-order chi connectivity index (χ1) is 6.38. The van der Waals surface area contributed by atoms with Gasteiger partial charge in [0.25, 0.3) is 0 Å². The maximum atomic E-state index is 4.14. The highest BCUT2D eigenvalue weighted by Gasteiger charge is 2.16. The Balaban J connectivity index is 2.18. The Morgan fingerprint density at radius 2 is 2.08 bits per heavy atom. The minimum Gasteiger partial charge on any atom is -0.193 e. The molecule has 0 saturated heterocycles. The van der Waals surface area contributed by atoms with Crippen molar-refractivity contribution < 1.29 is 0 Å². The normalized spacial score (nSPS) is 20.5. The van der Waals surface area contributed by atoms with Crippen LogP contribution in [0.2, 0.25) is 0 Å². The molecular formula is C11H12N2. The summed E-state index contributed by atoms with van der Waals surface area (Å²) in [6, 6.07) is 10.4. The Bertz CT molecular complexity index is 327. The predicted molar refractivity (Wildman–Crippen MR) is 53.6 cm³/mol. The fraction of sp³-hybridized carbons (Fsp3) is 0.273. The summed E-state index contributed by atoms with van der Waals surface area (Å²) in [6.07, 6.45) is 1.01. The van der Waals surface area contributed by atoms with E-state index in [1.807, 2.05) is 18.2 Å². The zero-order valence-electron chi connectivity index (χ0n) is 7.48. The van der Waals surface area contributed by atoms with Gasteiger partial charge in [0.2, 0.25) is 0 Å². The van der Waals surface area contributed by atoms with Crippen molar-refractivity contribution in [3.8, 4) is 0 Å². The van der Waals surface area contributed by atoms with Gasteiger partial charge in [0.15, 0.2) is 0 Å². The Morgan fingerprint density at radius 3 is 2.69 bits per heavy atom. The fourth-order valence-electron chi connectivity index (χ4n) is 1.48. The van der Waals surface area contributed by atoms with Gasteiger partial charge in [0, 0.05) is 0 Å². The van der Waals surface area contributed by atoms with Gasteiger partial charge in [-0.3, -0.25) is 0 Å². The van der Waals surface area contributed by atoms with Crippen LogP contribution in [0.25, 0.3) is 5.57 Å². The standard InChI is InChI=1S/C11H12N2/c1-9(11-7-8-12-13-11)10-5-3-2-4-6-10/h2-6,11H,1,7-8H2. The van der Waals surface area contributed by atoms with Crippen LogP contribution < -0.4 is 0 Å². The van der Waals surface area contributed by atoms with Crippen LogP contribution in [-0.4, -0.2) is 12.6 Å². The molecule has 13 heavy (non-hydrogen) atoms. The Kier molecular flexibility index (Phi) is 2.21. The molecule has 0 N–H and O–H groups in total. The Labute approximate surface area is 78.0 Å². The molecule has 0 aliphatic carbocycles. The van der Waals surface area contributed by atoms with Crippen LogP contribution >= 0.6 is 0 Å². The molecule has 66 valence electrons. The molecule has 0 saturated carbocycles. The van der Waals surface area contributed by atoms with Crippen LogP contribution in [0.4, 0.5) is 0 Å². The highest BCUT2D eigenvalue weighted by molar-refractivity contribution is 5.67. The van der Waals surface area contributed by atoms with E-state index in [0.29, 0.717) is 0 Å². The lowest BCUT2D eigenvalue weighted by Gasteiger charge is -2.08. The van der Waals surface area contributed by atoms with E-state index in [0.717, 1.165) is 18.5 Å². The molecular weight excluding hydrogens is 160 g/mol. The smallest absolute Gasteiger partial charge is 0.0976 e. The second-order valence-electron chi connectivity index (χ2n) is 3.18. The van der Waals surface area contributed by atoms with Gasteiger partial charge >= 0.3 is 0 Å². The molecule has 1 aromatic rings. The zero-order valence-corrected chi connectivity index (χ0v) is 7.48. The highest BCUT2D eigenvalue weighted by atomic mass is 15.2. The van der Waals surface area contributed by atoms with Crippen LogP contribution in [0.15, 0.2) is 47.1 Å². The van der Waals surface area contributed by atoms with Gasteiger partial charge in [-0.15, -0.1) is 0 Å². The van der Waals surface area contributed by atoms with Crippen LogP contribution in [-0.2, 0) is 0 Å². The van der Waals surface area contributed by atoms with E-state index in [1.165, 1.54) is 5.56 Å². The average molecular weight is 172 g/mol. The summed E-state index contributed by atoms with van der Waals surface area (Å²) in [4.78, 5) is 0. The third kappa shape index (κ3) is 1.66. The maximum Gasteiger partial charge on any atom is 0.0976 e. The van der Waals surface area contributed by atoms with Crippen molar-refractivity contribution in [1.82, 2.24) is 0 Å². The first-order valence-electron chi connectivity index (χ1n) is 4.49. The molecule has 2 rings (SSSR count). The van der Waals surface area contributed by atoms with Crippen LogP contribution in [0, 0.1) is 0 Å². The van der Waals surface area contributed by atoms with Crippen LogP contribution in [0.1, 0.15) is 12.0 Å². The lowest BCUT2D eigenvalue weighted by molar-refractivity contribution is 0.851. The van der Waals surface area contributed by atoms with E-state index < -0.39 is 0 Å². The van der Waals surface area contributed by atoms with E-state index in [4.69, 9.17) is 0 Å². The van der Waals surface area contributed by atoms with Gasteiger partial charge in [-0.25, -0.2) is 0 Å². The quantitative estimate of drug-likeness (QED) is 0.655. The van der Waals surface area contributed by atoms with Crippen molar-refractivity contribution in [1.29, 1.82) is 0 Å². The molecule has 2 heteroatoms. The van der Waals surface area contributed by atoms with E-state index in [2.05, 4.69) is 28.9 Å². The third-order valence-electron chi connectivity index (χ3n) is 2.27. The van der Waals surface area contributed by atoms with E-state index in [-0.39, 0.29) is 6.04 Å². The van der Waals surface area contributed by atoms with Crippen molar-refractivity contribution in [3.05, 3.63) is 42.5 Å². The average Bonchev–Trinajstić information content (AvgIpc) is 2.71. The molecule has 2 nitrogen and oxygen atoms in total. The minimum atomic E-state index is 0.211. The maximum absolute atomic E-state index is 4.14. The molecule has 1 unspecified atom stereocenters. The van der Waals surface area contributed by atoms with Gasteiger partial charge < -0.3 is 0 Å². The highest BCUT2D eigenvalue weighted by Crippen LogP contribution is 2.24. The molecule has 0 radical (unpaired) electrons. The van der Waals surface area contributed by atoms with Crippen molar-refractivity contribution in [2.45, 2.75) is 12.5 Å². The second-order valence-corrected chi connectivity index (χ2v) is 3.18. The zero-order chi connectivity index (χ0) is 9.10. The van der Waals surface area contributed by atoms with E-state index in [1.54, 1.807) is 0 Å². The predicted octanol–water partition coefficient (Wildman–Crippen LogP) is 2.92. The van der Waals surface area contributed by atoms with Gasteiger partial charge in [-0.1, -0.05) is 36.9 Å². The lowest BCUT2D eigenvalue weighted by Crippen LogP contribution is -2.02. The first kappa shape index (κ1) is 8.17. The SMILES string of the molecule is C=C(c1ccccc1)C1CCN=N1. The molecule has 1 heterocycles. The molecule has 1 atom stereocenters. The van der Waals surface area contributed by atoms with Crippen LogP contribution in [0.3, 0.4) is 0 Å². The van der Waals surface area contributed by atoms with Gasteiger partial charge in [-0.05, 0) is 17.6 Å². The van der Waals surface area contributed by atoms with Crippen LogP contribution in [0.5, 0.6) is 0 Å². The molecule has 0 fully saturated rings.